The average molecular weight is 414 g/mol. The van der Waals surface area contributed by atoms with Crippen molar-refractivity contribution in [2.75, 3.05) is 18.4 Å². The first-order valence-corrected chi connectivity index (χ1v) is 10.2. The monoisotopic (exact) mass is 413 g/mol. The predicted molar refractivity (Wildman–Crippen MR) is 117 cm³/mol. The molecule has 5 nitrogen and oxygen atoms in total. The number of aryl methyl sites for hydroxylation is 2. The molecule has 2 N–H and O–H groups in total. The molecule has 3 rings (SSSR count). The summed E-state index contributed by atoms with van der Waals surface area (Å²) in [5, 5.41) is 4.43. The highest BCUT2D eigenvalue weighted by Crippen LogP contribution is 2.24. The molecule has 0 aliphatic carbocycles. The molecule has 1 amide bonds. The average Bonchev–Trinajstić information content (AvgIpc) is 2.65. The summed E-state index contributed by atoms with van der Waals surface area (Å²) in [6.07, 6.45) is 0.923. The second-order valence-corrected chi connectivity index (χ2v) is 7.81. The minimum atomic E-state index is -0.394. The van der Waals surface area contributed by atoms with Crippen LogP contribution in [0.3, 0.4) is 0 Å². The van der Waals surface area contributed by atoms with Crippen LogP contribution in [0, 0.1) is 13.8 Å². The van der Waals surface area contributed by atoms with Gasteiger partial charge < -0.3 is 14.6 Å². The molecule has 0 aliphatic rings. The van der Waals surface area contributed by atoms with Gasteiger partial charge in [-0.1, -0.05) is 36.7 Å². The van der Waals surface area contributed by atoms with E-state index in [1.807, 2.05) is 44.2 Å². The first-order chi connectivity index (χ1) is 13.9. The molecule has 3 aromatic rings. The van der Waals surface area contributed by atoms with Crippen LogP contribution in [0.25, 0.3) is 11.0 Å². The molecular formula is C23H26ClN2O3+. The quantitative estimate of drug-likeness (QED) is 0.583. The van der Waals surface area contributed by atoms with Crippen molar-refractivity contribution < 1.29 is 14.1 Å². The van der Waals surface area contributed by atoms with E-state index in [1.165, 1.54) is 6.07 Å². The van der Waals surface area contributed by atoms with E-state index < -0.39 is 5.63 Å². The maximum absolute atomic E-state index is 12.6. The molecule has 0 radical (unpaired) electrons. The van der Waals surface area contributed by atoms with Crippen LogP contribution in [-0.4, -0.2) is 19.0 Å². The predicted octanol–water partition coefficient (Wildman–Crippen LogP) is 3.50. The number of quaternary nitrogens is 1. The van der Waals surface area contributed by atoms with Crippen molar-refractivity contribution in [1.29, 1.82) is 0 Å². The lowest BCUT2D eigenvalue weighted by molar-refractivity contribution is -0.905. The molecular weight excluding hydrogens is 388 g/mol. The normalized spacial score (nSPS) is 12.1. The fourth-order valence-corrected chi connectivity index (χ4v) is 3.65. The van der Waals surface area contributed by atoms with Crippen molar-refractivity contribution in [3.63, 3.8) is 0 Å². The van der Waals surface area contributed by atoms with E-state index in [2.05, 4.69) is 12.2 Å². The zero-order valence-electron chi connectivity index (χ0n) is 17.0. The summed E-state index contributed by atoms with van der Waals surface area (Å²) in [6, 6.07) is 12.8. The third kappa shape index (κ3) is 5.25. The van der Waals surface area contributed by atoms with Crippen LogP contribution < -0.4 is 15.8 Å². The molecule has 0 aliphatic heterocycles. The Labute approximate surface area is 175 Å². The van der Waals surface area contributed by atoms with Crippen molar-refractivity contribution in [2.45, 2.75) is 33.7 Å². The Kier molecular flexibility index (Phi) is 6.72. The summed E-state index contributed by atoms with van der Waals surface area (Å²) < 4.78 is 5.35. The van der Waals surface area contributed by atoms with E-state index in [1.54, 1.807) is 6.07 Å². The summed E-state index contributed by atoms with van der Waals surface area (Å²) >= 11 is 6.30. The van der Waals surface area contributed by atoms with Gasteiger partial charge in [0.25, 0.3) is 5.91 Å². The Hall–Kier alpha value is -2.63. The van der Waals surface area contributed by atoms with Crippen molar-refractivity contribution in [3.05, 3.63) is 74.6 Å². The van der Waals surface area contributed by atoms with Gasteiger partial charge >= 0.3 is 5.63 Å². The molecule has 2 aromatic carbocycles. The van der Waals surface area contributed by atoms with Gasteiger partial charge in [0.05, 0.1) is 6.54 Å². The third-order valence-corrected chi connectivity index (χ3v) is 5.39. The van der Waals surface area contributed by atoms with Gasteiger partial charge in [0.15, 0.2) is 6.54 Å². The Morgan fingerprint density at radius 3 is 2.62 bits per heavy atom. The van der Waals surface area contributed by atoms with E-state index in [9.17, 15) is 9.59 Å². The van der Waals surface area contributed by atoms with Gasteiger partial charge in [0.1, 0.15) is 12.1 Å². The number of amides is 1. The zero-order valence-corrected chi connectivity index (χ0v) is 17.7. The molecule has 0 bridgehead atoms. The molecule has 6 heteroatoms. The van der Waals surface area contributed by atoms with Gasteiger partial charge in [-0.2, -0.15) is 0 Å². The second-order valence-electron chi connectivity index (χ2n) is 7.40. The number of fused-ring (bicyclic) bond motifs is 1. The summed E-state index contributed by atoms with van der Waals surface area (Å²) in [6.45, 7) is 7.58. The number of nitrogens with one attached hydrogen (secondary N) is 2. The number of halogens is 1. The van der Waals surface area contributed by atoms with Crippen LogP contribution in [0.4, 0.5) is 5.69 Å². The minimum absolute atomic E-state index is 0.0519. The van der Waals surface area contributed by atoms with Crippen LogP contribution in [0.15, 0.2) is 51.7 Å². The van der Waals surface area contributed by atoms with E-state index >= 15 is 0 Å². The lowest BCUT2D eigenvalue weighted by atomic mass is 10.1. The van der Waals surface area contributed by atoms with Crippen LogP contribution >= 0.6 is 11.6 Å². The SMILES string of the molecule is CCC[NH+](CC(=O)Nc1ccccc1C)Cc1cc(=O)oc2cc(C)c(Cl)cc12. The van der Waals surface area contributed by atoms with Crippen molar-refractivity contribution >= 4 is 34.2 Å². The highest BCUT2D eigenvalue weighted by molar-refractivity contribution is 6.32. The van der Waals surface area contributed by atoms with Gasteiger partial charge in [0, 0.05) is 27.7 Å². The molecule has 1 atom stereocenters. The first kappa shape index (κ1) is 21.1. The molecule has 0 spiro atoms. The molecule has 29 heavy (non-hydrogen) atoms. The molecule has 1 aromatic heterocycles. The van der Waals surface area contributed by atoms with Crippen LogP contribution in [0.5, 0.6) is 0 Å². The van der Waals surface area contributed by atoms with Gasteiger partial charge in [-0.05, 0) is 49.6 Å². The summed E-state index contributed by atoms with van der Waals surface area (Å²) in [7, 11) is 0. The first-order valence-electron chi connectivity index (χ1n) is 9.79. The minimum Gasteiger partial charge on any atom is -0.423 e. The van der Waals surface area contributed by atoms with Crippen LogP contribution in [-0.2, 0) is 11.3 Å². The molecule has 0 fully saturated rings. The lowest BCUT2D eigenvalue weighted by Gasteiger charge is -2.19. The van der Waals surface area contributed by atoms with Crippen LogP contribution in [0.2, 0.25) is 5.02 Å². The highest BCUT2D eigenvalue weighted by Gasteiger charge is 2.18. The van der Waals surface area contributed by atoms with E-state index in [0.717, 1.165) is 45.6 Å². The van der Waals surface area contributed by atoms with Crippen LogP contribution in [0.1, 0.15) is 30.0 Å². The Balaban J connectivity index is 1.83. The topological polar surface area (TPSA) is 63.8 Å². The Bertz CT molecular complexity index is 1090. The van der Waals surface area contributed by atoms with E-state index in [4.69, 9.17) is 16.0 Å². The maximum Gasteiger partial charge on any atom is 0.336 e. The number of rotatable bonds is 7. The number of para-hydroxylation sites is 1. The smallest absolute Gasteiger partial charge is 0.336 e. The molecule has 1 heterocycles. The second kappa shape index (κ2) is 9.25. The molecule has 152 valence electrons. The van der Waals surface area contributed by atoms with Gasteiger partial charge in [0.2, 0.25) is 0 Å². The van der Waals surface area contributed by atoms with E-state index in [-0.39, 0.29) is 5.91 Å². The standard InChI is InChI=1S/C23H25ClN2O3/c1-4-9-26(14-22(27)25-20-8-6-5-7-15(20)2)13-17-11-23(28)29-21-10-16(3)19(24)12-18(17)21/h5-8,10-12H,4,9,13-14H2,1-3H3,(H,25,27)/p+1. The highest BCUT2D eigenvalue weighted by atomic mass is 35.5. The summed E-state index contributed by atoms with van der Waals surface area (Å²) in [4.78, 5) is 25.8. The number of carbonyl (C=O) groups is 1. The number of hydrogen-bond acceptors (Lipinski definition) is 3. The number of benzene rings is 2. The van der Waals surface area contributed by atoms with Gasteiger partial charge in [-0.15, -0.1) is 0 Å². The summed E-state index contributed by atoms with van der Waals surface area (Å²) in [5.41, 5.74) is 3.67. The zero-order chi connectivity index (χ0) is 21.0. The van der Waals surface area contributed by atoms with Crippen molar-refractivity contribution in [1.82, 2.24) is 0 Å². The number of carbonyl (C=O) groups excluding carboxylic acids is 1. The lowest BCUT2D eigenvalue weighted by Crippen LogP contribution is -3.11. The summed E-state index contributed by atoms with van der Waals surface area (Å²) in [5.74, 6) is -0.0519. The molecule has 0 saturated carbocycles. The third-order valence-electron chi connectivity index (χ3n) is 4.98. The Morgan fingerprint density at radius 2 is 1.90 bits per heavy atom. The Morgan fingerprint density at radius 1 is 1.14 bits per heavy atom. The van der Waals surface area contributed by atoms with Gasteiger partial charge in [-0.25, -0.2) is 4.79 Å². The maximum atomic E-state index is 12.6. The van der Waals surface area contributed by atoms with Crippen molar-refractivity contribution in [2.24, 2.45) is 0 Å². The van der Waals surface area contributed by atoms with Gasteiger partial charge in [-0.3, -0.25) is 4.79 Å². The largest absolute Gasteiger partial charge is 0.423 e. The molecule has 1 unspecified atom stereocenters. The fourth-order valence-electron chi connectivity index (χ4n) is 3.49. The van der Waals surface area contributed by atoms with Crippen molar-refractivity contribution in [3.8, 4) is 0 Å². The number of hydrogen-bond donors (Lipinski definition) is 2. The van der Waals surface area contributed by atoms with E-state index in [0.29, 0.717) is 23.7 Å². The molecule has 0 saturated heterocycles. The number of anilines is 1. The fraction of sp³-hybridized carbons (Fsp3) is 0.304.